The van der Waals surface area contributed by atoms with Gasteiger partial charge in [0.25, 0.3) is 0 Å². The molecule has 0 saturated heterocycles. The lowest BCUT2D eigenvalue weighted by atomic mass is 10.1. The fraction of sp³-hybridized carbons (Fsp3) is 0.731. The van der Waals surface area contributed by atoms with E-state index in [1.807, 2.05) is 0 Å². The molecular weight excluding hydrogens is 402 g/mol. The zero-order valence-corrected chi connectivity index (χ0v) is 20.1. The van der Waals surface area contributed by atoms with Crippen molar-refractivity contribution < 1.29 is 14.7 Å². The number of nitrogens with zero attached hydrogens (tertiary/aromatic N) is 1. The van der Waals surface area contributed by atoms with E-state index in [0.29, 0.717) is 12.1 Å². The molecule has 0 radical (unpaired) electrons. The number of hydrogen-bond acceptors (Lipinski definition) is 3. The maximum atomic E-state index is 12.0. The van der Waals surface area contributed by atoms with Gasteiger partial charge in [-0.3, -0.25) is 4.79 Å². The van der Waals surface area contributed by atoms with E-state index in [1.54, 1.807) is 6.20 Å². The standard InChI is InChI=1S/C26H45N3O3/c1-2-3-4-5-6-7-8-9-10-11-12-13-14-15-16-17-18-19-25(30)29-24(26(31)32)20-23-21-27-22-28-23/h9-10,21-22,24H,2-8,11-20H2,1H3,(H,27,28)(H,29,30)(H,31,32)/b10-9-/t24-/m0/s1. The molecule has 3 N–H and O–H groups in total. The van der Waals surface area contributed by atoms with Gasteiger partial charge in [0.05, 0.1) is 6.33 Å². The number of carboxylic acids is 1. The third-order valence-corrected chi connectivity index (χ3v) is 5.78. The molecule has 1 aromatic heterocycles. The van der Waals surface area contributed by atoms with Crippen molar-refractivity contribution in [3.05, 3.63) is 30.4 Å². The first kappa shape index (κ1) is 27.9. The Bertz CT molecular complexity index is 614. The van der Waals surface area contributed by atoms with Crippen molar-refractivity contribution in [3.63, 3.8) is 0 Å². The summed E-state index contributed by atoms with van der Waals surface area (Å²) in [5, 5.41) is 11.9. The second-order valence-corrected chi connectivity index (χ2v) is 8.78. The quantitative estimate of drug-likeness (QED) is 0.151. The van der Waals surface area contributed by atoms with Crippen LogP contribution in [0.3, 0.4) is 0 Å². The van der Waals surface area contributed by atoms with Gasteiger partial charge >= 0.3 is 5.97 Å². The van der Waals surface area contributed by atoms with Gasteiger partial charge in [-0.2, -0.15) is 0 Å². The van der Waals surface area contributed by atoms with E-state index in [2.05, 4.69) is 34.4 Å². The summed E-state index contributed by atoms with van der Waals surface area (Å²) in [4.78, 5) is 30.1. The maximum absolute atomic E-state index is 12.0. The predicted octanol–water partition coefficient (Wildman–Crippen LogP) is 6.34. The largest absolute Gasteiger partial charge is 0.480 e. The zero-order chi connectivity index (χ0) is 23.3. The molecule has 0 fully saturated rings. The summed E-state index contributed by atoms with van der Waals surface area (Å²) in [6.45, 7) is 2.26. The van der Waals surface area contributed by atoms with E-state index in [0.717, 1.165) is 19.3 Å². The molecule has 1 amide bonds. The minimum atomic E-state index is -1.02. The topological polar surface area (TPSA) is 95.1 Å². The molecule has 6 heteroatoms. The second kappa shape index (κ2) is 19.6. The van der Waals surface area contributed by atoms with Crippen molar-refractivity contribution in [3.8, 4) is 0 Å². The summed E-state index contributed by atoms with van der Waals surface area (Å²) in [6.07, 6.45) is 27.0. The van der Waals surface area contributed by atoms with E-state index in [-0.39, 0.29) is 12.3 Å². The molecule has 6 nitrogen and oxygen atoms in total. The molecule has 0 bridgehead atoms. The van der Waals surface area contributed by atoms with Crippen LogP contribution in [0.4, 0.5) is 0 Å². The molecular formula is C26H45N3O3. The minimum absolute atomic E-state index is 0.190. The molecule has 0 aromatic carbocycles. The molecule has 1 heterocycles. The van der Waals surface area contributed by atoms with Crippen molar-refractivity contribution in [1.29, 1.82) is 0 Å². The number of amides is 1. The number of allylic oxidation sites excluding steroid dienone is 2. The molecule has 1 aromatic rings. The molecule has 32 heavy (non-hydrogen) atoms. The molecule has 0 unspecified atom stereocenters. The molecule has 182 valence electrons. The normalized spacial score (nSPS) is 12.3. The van der Waals surface area contributed by atoms with Crippen molar-refractivity contribution in [1.82, 2.24) is 15.3 Å². The van der Waals surface area contributed by atoms with Crippen molar-refractivity contribution in [2.45, 2.75) is 122 Å². The van der Waals surface area contributed by atoms with Gasteiger partial charge in [-0.15, -0.1) is 0 Å². The first-order valence-corrected chi connectivity index (χ1v) is 12.8. The van der Waals surface area contributed by atoms with E-state index in [4.69, 9.17) is 0 Å². The highest BCUT2D eigenvalue weighted by molar-refractivity contribution is 5.83. The first-order valence-electron chi connectivity index (χ1n) is 12.8. The molecule has 0 spiro atoms. The van der Waals surface area contributed by atoms with Gasteiger partial charge in [0.2, 0.25) is 5.91 Å². The third-order valence-electron chi connectivity index (χ3n) is 5.78. The number of unbranched alkanes of at least 4 members (excludes halogenated alkanes) is 13. The number of imidazole rings is 1. The van der Waals surface area contributed by atoms with Gasteiger partial charge in [-0.05, 0) is 32.1 Å². The van der Waals surface area contributed by atoms with Crippen LogP contribution in [0, 0.1) is 0 Å². The highest BCUT2D eigenvalue weighted by Crippen LogP contribution is 2.11. The number of hydrogen-bond donors (Lipinski definition) is 3. The smallest absolute Gasteiger partial charge is 0.326 e. The average Bonchev–Trinajstić information content (AvgIpc) is 3.28. The molecule has 0 aliphatic carbocycles. The van der Waals surface area contributed by atoms with E-state index >= 15 is 0 Å². The van der Waals surface area contributed by atoms with Crippen LogP contribution in [0.5, 0.6) is 0 Å². The zero-order valence-electron chi connectivity index (χ0n) is 20.1. The third kappa shape index (κ3) is 15.7. The Labute approximate surface area is 194 Å². The number of aromatic nitrogens is 2. The number of aliphatic carboxylic acids is 1. The van der Waals surface area contributed by atoms with Gasteiger partial charge in [0, 0.05) is 24.7 Å². The highest BCUT2D eigenvalue weighted by atomic mass is 16.4. The van der Waals surface area contributed by atoms with Crippen LogP contribution in [0.1, 0.15) is 115 Å². The monoisotopic (exact) mass is 447 g/mol. The van der Waals surface area contributed by atoms with Gasteiger partial charge in [0.15, 0.2) is 0 Å². The predicted molar refractivity (Wildman–Crippen MR) is 131 cm³/mol. The summed E-state index contributed by atoms with van der Waals surface area (Å²) >= 11 is 0. The van der Waals surface area contributed by atoms with Crippen LogP contribution in [0.2, 0.25) is 0 Å². The fourth-order valence-electron chi connectivity index (χ4n) is 3.79. The summed E-state index contributed by atoms with van der Waals surface area (Å²) in [5.41, 5.74) is 0.700. The lowest BCUT2D eigenvalue weighted by molar-refractivity contribution is -0.141. The molecule has 0 aliphatic rings. The Morgan fingerprint density at radius 1 is 0.938 bits per heavy atom. The number of aromatic amines is 1. The fourth-order valence-corrected chi connectivity index (χ4v) is 3.79. The van der Waals surface area contributed by atoms with E-state index in [1.165, 1.54) is 83.4 Å². The van der Waals surface area contributed by atoms with E-state index < -0.39 is 12.0 Å². The Hall–Kier alpha value is -2.11. The summed E-state index contributed by atoms with van der Waals surface area (Å²) < 4.78 is 0. The van der Waals surface area contributed by atoms with Crippen LogP contribution in [0.15, 0.2) is 24.7 Å². The van der Waals surface area contributed by atoms with Crippen LogP contribution in [-0.2, 0) is 16.0 Å². The van der Waals surface area contributed by atoms with Crippen molar-refractivity contribution >= 4 is 11.9 Å². The number of nitrogens with one attached hydrogen (secondary N) is 2. The van der Waals surface area contributed by atoms with Crippen molar-refractivity contribution in [2.75, 3.05) is 0 Å². The summed E-state index contributed by atoms with van der Waals surface area (Å²) in [7, 11) is 0. The number of rotatable bonds is 21. The Kier molecular flexibility index (Phi) is 17.1. The van der Waals surface area contributed by atoms with Crippen LogP contribution in [0.25, 0.3) is 0 Å². The molecule has 0 aliphatic heterocycles. The average molecular weight is 448 g/mol. The van der Waals surface area contributed by atoms with Crippen LogP contribution >= 0.6 is 0 Å². The first-order chi connectivity index (χ1) is 15.6. The Balaban J connectivity index is 1.91. The Morgan fingerprint density at radius 3 is 2.03 bits per heavy atom. The molecule has 0 saturated carbocycles. The maximum Gasteiger partial charge on any atom is 0.326 e. The minimum Gasteiger partial charge on any atom is -0.480 e. The number of carboxylic acid groups (broad SMARTS) is 1. The van der Waals surface area contributed by atoms with Gasteiger partial charge < -0.3 is 15.4 Å². The number of carbonyl (C=O) groups is 2. The van der Waals surface area contributed by atoms with Gasteiger partial charge in [-0.25, -0.2) is 9.78 Å². The SMILES string of the molecule is CCCCCCCC/C=C\CCCCCCCCCC(=O)N[C@@H](Cc1cnc[nH]1)C(=O)O. The lowest BCUT2D eigenvalue weighted by Gasteiger charge is -2.13. The number of H-pyrrole nitrogens is 1. The number of carbonyl (C=O) groups excluding carboxylic acids is 1. The van der Waals surface area contributed by atoms with Gasteiger partial charge in [0.1, 0.15) is 6.04 Å². The van der Waals surface area contributed by atoms with E-state index in [9.17, 15) is 14.7 Å². The highest BCUT2D eigenvalue weighted by Gasteiger charge is 2.20. The van der Waals surface area contributed by atoms with Crippen molar-refractivity contribution in [2.24, 2.45) is 0 Å². The second-order valence-electron chi connectivity index (χ2n) is 8.78. The lowest BCUT2D eigenvalue weighted by Crippen LogP contribution is -2.42. The molecule has 1 rings (SSSR count). The summed E-state index contributed by atoms with van der Waals surface area (Å²) in [5.74, 6) is -1.21. The Morgan fingerprint density at radius 2 is 1.50 bits per heavy atom. The van der Waals surface area contributed by atoms with Crippen LogP contribution < -0.4 is 5.32 Å². The van der Waals surface area contributed by atoms with Gasteiger partial charge in [-0.1, -0.05) is 83.3 Å². The van der Waals surface area contributed by atoms with Crippen LogP contribution in [-0.4, -0.2) is 33.0 Å². The summed E-state index contributed by atoms with van der Waals surface area (Å²) in [6, 6.07) is -0.914. The molecule has 1 atom stereocenters.